The summed E-state index contributed by atoms with van der Waals surface area (Å²) >= 11 is 0. The summed E-state index contributed by atoms with van der Waals surface area (Å²) in [6.45, 7) is 5.45. The molecule has 7 nitrogen and oxygen atoms in total. The molecule has 7 heteroatoms. The molecule has 0 aliphatic carbocycles. The van der Waals surface area contributed by atoms with E-state index in [1.807, 2.05) is 37.3 Å². The van der Waals surface area contributed by atoms with Gasteiger partial charge in [-0.15, -0.1) is 0 Å². The summed E-state index contributed by atoms with van der Waals surface area (Å²) in [6, 6.07) is 9.89. The third kappa shape index (κ3) is 3.62. The molecule has 1 aromatic rings. The number of carboxylic acid groups (broad SMARTS) is 1. The first-order chi connectivity index (χ1) is 11.5. The van der Waals surface area contributed by atoms with Crippen LogP contribution in [0.15, 0.2) is 30.3 Å². The Morgan fingerprint density at radius 1 is 1.17 bits per heavy atom. The normalized spacial score (nSPS) is 22.1. The SMILES string of the molecule is C[C@H]1CN(C2CN(C(=O)OCc3ccccc3)C2)CCN1C(=O)O. The highest BCUT2D eigenvalue weighted by Crippen LogP contribution is 2.20. The molecule has 3 rings (SSSR count). The third-order valence-electron chi connectivity index (χ3n) is 4.75. The van der Waals surface area contributed by atoms with Crippen molar-refractivity contribution in [3.8, 4) is 0 Å². The van der Waals surface area contributed by atoms with Crippen LogP contribution in [0.3, 0.4) is 0 Å². The van der Waals surface area contributed by atoms with Gasteiger partial charge < -0.3 is 19.6 Å². The van der Waals surface area contributed by atoms with Crippen LogP contribution in [0.5, 0.6) is 0 Å². The largest absolute Gasteiger partial charge is 0.465 e. The van der Waals surface area contributed by atoms with Crippen LogP contribution in [0.2, 0.25) is 0 Å². The molecular formula is C17H23N3O4. The van der Waals surface area contributed by atoms with E-state index >= 15 is 0 Å². The number of hydrogen-bond acceptors (Lipinski definition) is 4. The van der Waals surface area contributed by atoms with Crippen molar-refractivity contribution in [1.29, 1.82) is 0 Å². The molecule has 0 saturated carbocycles. The molecule has 24 heavy (non-hydrogen) atoms. The van der Waals surface area contributed by atoms with Crippen molar-refractivity contribution in [2.75, 3.05) is 32.7 Å². The number of nitrogens with zero attached hydrogens (tertiary/aromatic N) is 3. The van der Waals surface area contributed by atoms with E-state index in [4.69, 9.17) is 9.84 Å². The van der Waals surface area contributed by atoms with E-state index in [2.05, 4.69) is 4.90 Å². The summed E-state index contributed by atoms with van der Waals surface area (Å²) in [6.07, 6.45) is -1.14. The average molecular weight is 333 g/mol. The topological polar surface area (TPSA) is 73.3 Å². The van der Waals surface area contributed by atoms with Crippen LogP contribution in [0.25, 0.3) is 0 Å². The van der Waals surface area contributed by atoms with E-state index < -0.39 is 6.09 Å². The minimum absolute atomic E-state index is 0.0182. The molecule has 0 aromatic heterocycles. The lowest BCUT2D eigenvalue weighted by atomic mass is 10.0. The molecule has 2 amide bonds. The lowest BCUT2D eigenvalue weighted by Crippen LogP contribution is -2.66. The predicted octanol–water partition coefficient (Wildman–Crippen LogP) is 1.69. The van der Waals surface area contributed by atoms with Crippen molar-refractivity contribution in [1.82, 2.24) is 14.7 Å². The zero-order chi connectivity index (χ0) is 17.1. The molecule has 1 aromatic carbocycles. The number of benzene rings is 1. The lowest BCUT2D eigenvalue weighted by Gasteiger charge is -2.48. The number of piperazine rings is 1. The Morgan fingerprint density at radius 3 is 2.50 bits per heavy atom. The maximum absolute atomic E-state index is 12.0. The Hall–Kier alpha value is -2.28. The standard InChI is InChI=1S/C17H23N3O4/c1-13-9-18(7-8-20(13)16(21)22)15-10-19(11-15)17(23)24-12-14-5-3-2-4-6-14/h2-6,13,15H,7-12H2,1H3,(H,21,22)/t13-/m0/s1. The second-order valence-electron chi connectivity index (χ2n) is 6.42. The zero-order valence-corrected chi connectivity index (χ0v) is 13.8. The fourth-order valence-corrected chi connectivity index (χ4v) is 3.25. The summed E-state index contributed by atoms with van der Waals surface area (Å²) in [5.74, 6) is 0. The highest BCUT2D eigenvalue weighted by molar-refractivity contribution is 5.69. The third-order valence-corrected chi connectivity index (χ3v) is 4.75. The molecule has 2 aliphatic rings. The van der Waals surface area contributed by atoms with Crippen LogP contribution in [-0.4, -0.2) is 76.8 Å². The Morgan fingerprint density at radius 2 is 1.88 bits per heavy atom. The zero-order valence-electron chi connectivity index (χ0n) is 13.8. The monoisotopic (exact) mass is 333 g/mol. The van der Waals surface area contributed by atoms with E-state index in [1.54, 1.807) is 4.90 Å². The smallest absolute Gasteiger partial charge is 0.410 e. The first kappa shape index (κ1) is 16.6. The molecular weight excluding hydrogens is 310 g/mol. The van der Waals surface area contributed by atoms with Gasteiger partial charge in [-0.2, -0.15) is 0 Å². The molecule has 0 bridgehead atoms. The lowest BCUT2D eigenvalue weighted by molar-refractivity contribution is -0.0106. The number of amides is 2. The second kappa shape index (κ2) is 7.09. The molecule has 1 N–H and O–H groups in total. The van der Waals surface area contributed by atoms with Gasteiger partial charge in [0.1, 0.15) is 6.61 Å². The van der Waals surface area contributed by atoms with Crippen LogP contribution in [0, 0.1) is 0 Å². The van der Waals surface area contributed by atoms with E-state index in [0.29, 0.717) is 38.8 Å². The maximum atomic E-state index is 12.0. The van der Waals surface area contributed by atoms with Crippen molar-refractivity contribution in [2.24, 2.45) is 0 Å². The van der Waals surface area contributed by atoms with Crippen LogP contribution < -0.4 is 0 Å². The van der Waals surface area contributed by atoms with Crippen LogP contribution in [0.4, 0.5) is 9.59 Å². The molecule has 130 valence electrons. The van der Waals surface area contributed by atoms with Crippen molar-refractivity contribution >= 4 is 12.2 Å². The van der Waals surface area contributed by atoms with Gasteiger partial charge in [0.25, 0.3) is 0 Å². The van der Waals surface area contributed by atoms with E-state index in [-0.39, 0.29) is 18.7 Å². The van der Waals surface area contributed by atoms with Crippen LogP contribution in [-0.2, 0) is 11.3 Å². The highest BCUT2D eigenvalue weighted by atomic mass is 16.6. The number of carbonyl (C=O) groups excluding carboxylic acids is 1. The van der Waals surface area contributed by atoms with Gasteiger partial charge in [0.2, 0.25) is 0 Å². The van der Waals surface area contributed by atoms with Gasteiger partial charge in [-0.1, -0.05) is 30.3 Å². The van der Waals surface area contributed by atoms with Gasteiger partial charge in [-0.05, 0) is 12.5 Å². The number of ether oxygens (including phenoxy) is 1. The first-order valence-corrected chi connectivity index (χ1v) is 8.24. The summed E-state index contributed by atoms with van der Waals surface area (Å²) < 4.78 is 5.32. The summed E-state index contributed by atoms with van der Waals surface area (Å²) in [5, 5.41) is 9.11. The molecule has 0 radical (unpaired) electrons. The Balaban J connectivity index is 1.41. The molecule has 2 heterocycles. The Kier molecular flexibility index (Phi) is 4.89. The Bertz CT molecular complexity index is 589. The summed E-state index contributed by atoms with van der Waals surface area (Å²) in [4.78, 5) is 28.6. The number of hydrogen-bond donors (Lipinski definition) is 1. The van der Waals surface area contributed by atoms with E-state index in [0.717, 1.165) is 5.56 Å². The molecule has 1 atom stereocenters. The van der Waals surface area contributed by atoms with E-state index in [1.165, 1.54) is 4.90 Å². The minimum Gasteiger partial charge on any atom is -0.465 e. The minimum atomic E-state index is -0.859. The van der Waals surface area contributed by atoms with Crippen molar-refractivity contribution < 1.29 is 19.4 Å². The molecule has 2 fully saturated rings. The highest BCUT2D eigenvalue weighted by Gasteiger charge is 2.39. The quantitative estimate of drug-likeness (QED) is 0.911. The van der Waals surface area contributed by atoms with Crippen molar-refractivity contribution in [2.45, 2.75) is 25.6 Å². The molecule has 0 unspecified atom stereocenters. The number of rotatable bonds is 3. The Labute approximate surface area is 141 Å². The maximum Gasteiger partial charge on any atom is 0.410 e. The number of likely N-dealkylation sites (tertiary alicyclic amines) is 1. The van der Waals surface area contributed by atoms with Gasteiger partial charge in [0.05, 0.1) is 0 Å². The van der Waals surface area contributed by atoms with Gasteiger partial charge >= 0.3 is 12.2 Å². The first-order valence-electron chi connectivity index (χ1n) is 8.24. The van der Waals surface area contributed by atoms with Crippen molar-refractivity contribution in [3.63, 3.8) is 0 Å². The van der Waals surface area contributed by atoms with Gasteiger partial charge in [0, 0.05) is 44.8 Å². The predicted molar refractivity (Wildman–Crippen MR) is 87.8 cm³/mol. The van der Waals surface area contributed by atoms with Gasteiger partial charge in [-0.3, -0.25) is 4.90 Å². The van der Waals surface area contributed by atoms with Crippen LogP contribution >= 0.6 is 0 Å². The van der Waals surface area contributed by atoms with Crippen molar-refractivity contribution in [3.05, 3.63) is 35.9 Å². The second-order valence-corrected chi connectivity index (χ2v) is 6.42. The summed E-state index contributed by atoms with van der Waals surface area (Å²) in [7, 11) is 0. The average Bonchev–Trinajstić information content (AvgIpc) is 2.52. The fourth-order valence-electron chi connectivity index (χ4n) is 3.25. The number of carbonyl (C=O) groups is 2. The van der Waals surface area contributed by atoms with E-state index in [9.17, 15) is 9.59 Å². The molecule has 2 saturated heterocycles. The fraction of sp³-hybridized carbons (Fsp3) is 0.529. The van der Waals surface area contributed by atoms with Gasteiger partial charge in [-0.25, -0.2) is 9.59 Å². The molecule has 2 aliphatic heterocycles. The molecule has 0 spiro atoms. The van der Waals surface area contributed by atoms with Gasteiger partial charge in [0.15, 0.2) is 0 Å². The summed E-state index contributed by atoms with van der Waals surface area (Å²) in [5.41, 5.74) is 0.974. The van der Waals surface area contributed by atoms with Crippen LogP contribution in [0.1, 0.15) is 12.5 Å².